The van der Waals surface area contributed by atoms with E-state index in [0.717, 1.165) is 24.7 Å². The van der Waals surface area contributed by atoms with Gasteiger partial charge in [-0.15, -0.1) is 0 Å². The van der Waals surface area contributed by atoms with Gasteiger partial charge in [-0.05, 0) is 56.2 Å². The highest BCUT2D eigenvalue weighted by molar-refractivity contribution is 5.35. The maximum absolute atomic E-state index is 6.03. The summed E-state index contributed by atoms with van der Waals surface area (Å²) in [4.78, 5) is 0. The zero-order valence-electron chi connectivity index (χ0n) is 10.2. The van der Waals surface area contributed by atoms with Crippen molar-refractivity contribution < 1.29 is 4.74 Å². The quantitative estimate of drug-likeness (QED) is 0.826. The summed E-state index contributed by atoms with van der Waals surface area (Å²) in [6.07, 6.45) is 3.59. The summed E-state index contributed by atoms with van der Waals surface area (Å²) < 4.78 is 5.79. The molecule has 88 valence electrons. The highest BCUT2D eigenvalue weighted by Gasteiger charge is 2.27. The van der Waals surface area contributed by atoms with E-state index in [1.807, 2.05) is 0 Å². The fraction of sp³-hybridized carbons (Fsp3) is 0.571. The summed E-state index contributed by atoms with van der Waals surface area (Å²) >= 11 is 0. The Morgan fingerprint density at radius 2 is 2.12 bits per heavy atom. The summed E-state index contributed by atoms with van der Waals surface area (Å²) in [6.45, 7) is 4.90. The third kappa shape index (κ3) is 2.99. The largest absolute Gasteiger partial charge is 0.493 e. The molecule has 1 unspecified atom stereocenters. The van der Waals surface area contributed by atoms with Gasteiger partial charge in [-0.3, -0.25) is 0 Å². The molecule has 1 atom stereocenters. The molecule has 2 rings (SSSR count). The van der Waals surface area contributed by atoms with Gasteiger partial charge in [-0.2, -0.15) is 0 Å². The van der Waals surface area contributed by atoms with Gasteiger partial charge in [0.05, 0.1) is 6.61 Å². The molecule has 0 amide bonds. The molecule has 0 aliphatic heterocycles. The molecule has 2 nitrogen and oxygen atoms in total. The molecule has 1 saturated carbocycles. The lowest BCUT2D eigenvalue weighted by Crippen LogP contribution is -2.24. The average Bonchev–Trinajstić information content (AvgIpc) is 3.06. The van der Waals surface area contributed by atoms with Crippen LogP contribution in [0, 0.1) is 19.8 Å². The molecule has 0 heterocycles. The smallest absolute Gasteiger partial charge is 0.122 e. The number of nitrogens with two attached hydrogens (primary N) is 1. The van der Waals surface area contributed by atoms with Crippen LogP contribution in [0.4, 0.5) is 0 Å². The molecule has 0 saturated heterocycles. The second-order valence-corrected chi connectivity index (χ2v) is 4.91. The molecule has 2 heteroatoms. The summed E-state index contributed by atoms with van der Waals surface area (Å²) in [7, 11) is 0. The molecule has 1 aliphatic carbocycles. The van der Waals surface area contributed by atoms with Crippen molar-refractivity contribution in [3.8, 4) is 5.75 Å². The summed E-state index contributed by atoms with van der Waals surface area (Å²) in [5.74, 6) is 1.77. The van der Waals surface area contributed by atoms with Crippen LogP contribution < -0.4 is 10.5 Å². The lowest BCUT2D eigenvalue weighted by atomic mass is 10.1. The van der Waals surface area contributed by atoms with Crippen LogP contribution >= 0.6 is 0 Å². The van der Waals surface area contributed by atoms with Crippen molar-refractivity contribution in [1.82, 2.24) is 0 Å². The molecule has 0 bridgehead atoms. The lowest BCUT2D eigenvalue weighted by Gasteiger charge is -2.13. The molecular formula is C14H21NO. The second kappa shape index (κ2) is 4.88. The predicted octanol–water partition coefficient (Wildman–Crippen LogP) is 2.81. The van der Waals surface area contributed by atoms with E-state index in [-0.39, 0.29) is 0 Å². The number of ether oxygens (including phenoxy) is 1. The van der Waals surface area contributed by atoms with Crippen molar-refractivity contribution in [3.63, 3.8) is 0 Å². The SMILES string of the molecule is Cc1ccc(C)c(OCCC(N)C2CC2)c1. The van der Waals surface area contributed by atoms with Gasteiger partial charge in [0.15, 0.2) is 0 Å². The zero-order chi connectivity index (χ0) is 11.5. The van der Waals surface area contributed by atoms with Crippen LogP contribution in [0.25, 0.3) is 0 Å². The van der Waals surface area contributed by atoms with E-state index in [0.29, 0.717) is 6.04 Å². The van der Waals surface area contributed by atoms with Gasteiger partial charge in [0.2, 0.25) is 0 Å². The van der Waals surface area contributed by atoms with Crippen LogP contribution in [0.3, 0.4) is 0 Å². The number of hydrogen-bond acceptors (Lipinski definition) is 2. The van der Waals surface area contributed by atoms with Crippen molar-refractivity contribution in [2.45, 2.75) is 39.2 Å². The minimum atomic E-state index is 0.338. The molecule has 1 fully saturated rings. The maximum atomic E-state index is 6.03. The van der Waals surface area contributed by atoms with E-state index in [1.54, 1.807) is 0 Å². The molecule has 0 spiro atoms. The van der Waals surface area contributed by atoms with Gasteiger partial charge in [-0.25, -0.2) is 0 Å². The Bertz CT molecular complexity index is 358. The van der Waals surface area contributed by atoms with Crippen molar-refractivity contribution in [2.24, 2.45) is 11.7 Å². The fourth-order valence-corrected chi connectivity index (χ4v) is 1.93. The Labute approximate surface area is 97.8 Å². The van der Waals surface area contributed by atoms with E-state index >= 15 is 0 Å². The summed E-state index contributed by atoms with van der Waals surface area (Å²) in [5.41, 5.74) is 8.47. The van der Waals surface area contributed by atoms with Crippen LogP contribution in [0.1, 0.15) is 30.4 Å². The van der Waals surface area contributed by atoms with Gasteiger partial charge >= 0.3 is 0 Å². The molecule has 1 aromatic carbocycles. The molecular weight excluding hydrogens is 198 g/mol. The van der Waals surface area contributed by atoms with Crippen LogP contribution in [-0.2, 0) is 0 Å². The first kappa shape index (κ1) is 11.5. The van der Waals surface area contributed by atoms with E-state index in [4.69, 9.17) is 10.5 Å². The second-order valence-electron chi connectivity index (χ2n) is 4.91. The maximum Gasteiger partial charge on any atom is 0.122 e. The van der Waals surface area contributed by atoms with E-state index < -0.39 is 0 Å². The number of rotatable bonds is 5. The van der Waals surface area contributed by atoms with Crippen molar-refractivity contribution in [3.05, 3.63) is 29.3 Å². The first-order valence-corrected chi connectivity index (χ1v) is 6.12. The third-order valence-corrected chi connectivity index (χ3v) is 3.28. The van der Waals surface area contributed by atoms with E-state index in [1.165, 1.54) is 24.0 Å². The van der Waals surface area contributed by atoms with Gasteiger partial charge in [0.25, 0.3) is 0 Å². The first-order chi connectivity index (χ1) is 7.66. The van der Waals surface area contributed by atoms with Crippen LogP contribution in [0.15, 0.2) is 18.2 Å². The predicted molar refractivity (Wildman–Crippen MR) is 66.7 cm³/mol. The molecule has 1 aromatic rings. The highest BCUT2D eigenvalue weighted by Crippen LogP contribution is 2.32. The van der Waals surface area contributed by atoms with Crippen LogP contribution in [0.5, 0.6) is 5.75 Å². The zero-order valence-corrected chi connectivity index (χ0v) is 10.2. The molecule has 0 radical (unpaired) electrons. The highest BCUT2D eigenvalue weighted by atomic mass is 16.5. The van der Waals surface area contributed by atoms with Crippen LogP contribution in [0.2, 0.25) is 0 Å². The van der Waals surface area contributed by atoms with Gasteiger partial charge < -0.3 is 10.5 Å². The first-order valence-electron chi connectivity index (χ1n) is 6.12. The van der Waals surface area contributed by atoms with E-state index in [9.17, 15) is 0 Å². The molecule has 16 heavy (non-hydrogen) atoms. The lowest BCUT2D eigenvalue weighted by molar-refractivity contribution is 0.290. The topological polar surface area (TPSA) is 35.2 Å². The monoisotopic (exact) mass is 219 g/mol. The molecule has 0 aromatic heterocycles. The van der Waals surface area contributed by atoms with Crippen LogP contribution in [-0.4, -0.2) is 12.6 Å². The minimum absolute atomic E-state index is 0.338. The number of aryl methyl sites for hydroxylation is 2. The number of benzene rings is 1. The van der Waals surface area contributed by atoms with Gasteiger partial charge in [-0.1, -0.05) is 12.1 Å². The standard InChI is InChI=1S/C14H21NO/c1-10-3-4-11(2)14(9-10)16-8-7-13(15)12-5-6-12/h3-4,9,12-13H,5-8,15H2,1-2H3. The number of hydrogen-bond donors (Lipinski definition) is 1. The van der Waals surface area contributed by atoms with Crippen molar-refractivity contribution >= 4 is 0 Å². The summed E-state index contributed by atoms with van der Waals surface area (Å²) in [6, 6.07) is 6.65. The fourth-order valence-electron chi connectivity index (χ4n) is 1.93. The summed E-state index contributed by atoms with van der Waals surface area (Å²) in [5, 5.41) is 0. The Hall–Kier alpha value is -1.02. The normalized spacial score (nSPS) is 17.2. The van der Waals surface area contributed by atoms with Gasteiger partial charge in [0.1, 0.15) is 5.75 Å². The van der Waals surface area contributed by atoms with Crippen molar-refractivity contribution in [1.29, 1.82) is 0 Å². The van der Waals surface area contributed by atoms with Gasteiger partial charge in [0, 0.05) is 6.04 Å². The third-order valence-electron chi connectivity index (χ3n) is 3.28. The average molecular weight is 219 g/mol. The van der Waals surface area contributed by atoms with Crippen molar-refractivity contribution in [2.75, 3.05) is 6.61 Å². The van der Waals surface area contributed by atoms with E-state index in [2.05, 4.69) is 32.0 Å². The molecule has 1 aliphatic rings. The Morgan fingerprint density at radius 3 is 2.81 bits per heavy atom. The Kier molecular flexibility index (Phi) is 3.49. The minimum Gasteiger partial charge on any atom is -0.493 e. The Balaban J connectivity index is 1.81. The molecule has 2 N–H and O–H groups in total. The Morgan fingerprint density at radius 1 is 1.38 bits per heavy atom.